The van der Waals surface area contributed by atoms with Gasteiger partial charge in [-0.25, -0.2) is 0 Å². The summed E-state index contributed by atoms with van der Waals surface area (Å²) < 4.78 is 5.24. The van der Waals surface area contributed by atoms with Gasteiger partial charge in [0.2, 0.25) is 0 Å². The second kappa shape index (κ2) is 8.64. The van der Waals surface area contributed by atoms with Crippen molar-refractivity contribution in [2.45, 2.75) is 40.5 Å². The molecule has 0 heterocycles. The molecule has 3 heteroatoms. The van der Waals surface area contributed by atoms with Gasteiger partial charge in [0.15, 0.2) is 0 Å². The van der Waals surface area contributed by atoms with E-state index in [4.69, 9.17) is 0 Å². The molecule has 0 radical (unpaired) electrons. The molecule has 0 aliphatic rings. The highest BCUT2D eigenvalue weighted by atomic mass is 31.1. The minimum atomic E-state index is -0.0527. The molecule has 0 bridgehead atoms. The van der Waals surface area contributed by atoms with Gasteiger partial charge < -0.3 is 0 Å². The summed E-state index contributed by atoms with van der Waals surface area (Å²) in [5.41, 5.74) is 0. The van der Waals surface area contributed by atoms with E-state index in [1.165, 1.54) is 39.0 Å². The zero-order chi connectivity index (χ0) is 11.0. The van der Waals surface area contributed by atoms with Gasteiger partial charge in [-0.05, 0) is 19.5 Å². The molecule has 0 saturated heterocycles. The molecule has 0 aliphatic carbocycles. The normalized spacial score (nSPS) is 12.0. The third-order valence-corrected chi connectivity index (χ3v) is 5.12. The zero-order valence-electron chi connectivity index (χ0n) is 10.6. The van der Waals surface area contributed by atoms with Crippen LogP contribution in [0.25, 0.3) is 0 Å². The number of nitrogens with zero attached hydrogens (tertiary/aromatic N) is 2. The van der Waals surface area contributed by atoms with Crippen molar-refractivity contribution in [1.82, 2.24) is 9.34 Å². The van der Waals surface area contributed by atoms with E-state index in [1.54, 1.807) is 0 Å². The fraction of sp³-hybridized carbons (Fsp3) is 1.00. The monoisotopic (exact) mass is 218 g/mol. The highest BCUT2D eigenvalue weighted by Gasteiger charge is 2.16. The van der Waals surface area contributed by atoms with Crippen molar-refractivity contribution in [2.75, 3.05) is 32.8 Å². The Bertz CT molecular complexity index is 116. The largest absolute Gasteiger partial charge is 0.270 e. The van der Waals surface area contributed by atoms with Crippen LogP contribution in [-0.4, -0.2) is 42.2 Å². The molecule has 2 nitrogen and oxygen atoms in total. The summed E-state index contributed by atoms with van der Waals surface area (Å²) in [7, 11) is -0.0527. The molecule has 0 rings (SSSR count). The zero-order valence-corrected chi connectivity index (χ0v) is 11.5. The predicted molar refractivity (Wildman–Crippen MR) is 67.9 cm³/mol. The lowest BCUT2D eigenvalue weighted by atomic mass is 10.5. The van der Waals surface area contributed by atoms with E-state index in [0.717, 1.165) is 0 Å². The van der Waals surface area contributed by atoms with Gasteiger partial charge in [-0.15, -0.1) is 0 Å². The second-order valence-corrected chi connectivity index (χ2v) is 5.69. The van der Waals surface area contributed by atoms with Crippen LogP contribution in [0.15, 0.2) is 0 Å². The van der Waals surface area contributed by atoms with E-state index in [-0.39, 0.29) is 8.22 Å². The molecule has 0 saturated carbocycles. The quantitative estimate of drug-likeness (QED) is 0.576. The summed E-state index contributed by atoms with van der Waals surface area (Å²) in [6.07, 6.45) is 2.54. The Morgan fingerprint density at radius 1 is 0.786 bits per heavy atom. The van der Waals surface area contributed by atoms with Crippen molar-refractivity contribution < 1.29 is 0 Å². The molecular weight excluding hydrogens is 191 g/mol. The third-order valence-electron chi connectivity index (χ3n) is 2.51. The SMILES string of the molecule is CCCN(CC)P(C)N(CC)CCC. The molecular formula is C11H27N2P. The first kappa shape index (κ1) is 14.3. The molecule has 0 atom stereocenters. The molecule has 0 spiro atoms. The first-order valence-corrected chi connectivity index (χ1v) is 7.63. The lowest BCUT2D eigenvalue weighted by Crippen LogP contribution is -2.29. The van der Waals surface area contributed by atoms with Gasteiger partial charge >= 0.3 is 0 Å². The van der Waals surface area contributed by atoms with Crippen molar-refractivity contribution >= 4 is 8.22 Å². The van der Waals surface area contributed by atoms with Crippen LogP contribution in [0, 0.1) is 0 Å². The van der Waals surface area contributed by atoms with Crippen LogP contribution >= 0.6 is 8.22 Å². The van der Waals surface area contributed by atoms with Crippen LogP contribution in [0.5, 0.6) is 0 Å². The number of rotatable bonds is 8. The van der Waals surface area contributed by atoms with E-state index in [9.17, 15) is 0 Å². The molecule has 0 aromatic heterocycles. The Kier molecular flexibility index (Phi) is 8.86. The molecule has 0 fully saturated rings. The second-order valence-electron chi connectivity index (χ2n) is 3.58. The molecule has 0 aromatic rings. The summed E-state index contributed by atoms with van der Waals surface area (Å²) in [6, 6.07) is 0. The van der Waals surface area contributed by atoms with Crippen LogP contribution in [0.4, 0.5) is 0 Å². The van der Waals surface area contributed by atoms with Crippen molar-refractivity contribution in [3.05, 3.63) is 0 Å². The number of hydrogen-bond donors (Lipinski definition) is 0. The molecule has 0 amide bonds. The molecule has 86 valence electrons. The maximum absolute atomic E-state index is 2.62. The van der Waals surface area contributed by atoms with Gasteiger partial charge in [0.1, 0.15) is 0 Å². The smallest absolute Gasteiger partial charge is 0.0361 e. The summed E-state index contributed by atoms with van der Waals surface area (Å²) in [5.74, 6) is 0. The van der Waals surface area contributed by atoms with Gasteiger partial charge in [0.05, 0.1) is 0 Å². The van der Waals surface area contributed by atoms with E-state index in [2.05, 4.69) is 43.7 Å². The highest BCUT2D eigenvalue weighted by molar-refractivity contribution is 7.51. The summed E-state index contributed by atoms with van der Waals surface area (Å²) in [4.78, 5) is 0. The Hall–Kier alpha value is 0.350. The Morgan fingerprint density at radius 2 is 1.14 bits per heavy atom. The fourth-order valence-electron chi connectivity index (χ4n) is 1.71. The van der Waals surface area contributed by atoms with Gasteiger partial charge in [0, 0.05) is 34.4 Å². The van der Waals surface area contributed by atoms with Gasteiger partial charge in [0.25, 0.3) is 0 Å². The average molecular weight is 218 g/mol. The van der Waals surface area contributed by atoms with Crippen LogP contribution in [-0.2, 0) is 0 Å². The van der Waals surface area contributed by atoms with Gasteiger partial charge in [-0.2, -0.15) is 0 Å². The molecule has 0 aromatic carbocycles. The van der Waals surface area contributed by atoms with Crippen molar-refractivity contribution in [3.63, 3.8) is 0 Å². The molecule has 0 aliphatic heterocycles. The minimum absolute atomic E-state index is 0.0527. The third kappa shape index (κ3) is 4.72. The van der Waals surface area contributed by atoms with Crippen LogP contribution in [0.3, 0.4) is 0 Å². The Labute approximate surface area is 91.5 Å². The van der Waals surface area contributed by atoms with Gasteiger partial charge in [-0.1, -0.05) is 27.7 Å². The summed E-state index contributed by atoms with van der Waals surface area (Å²) in [5, 5.41) is 0. The minimum Gasteiger partial charge on any atom is -0.270 e. The highest BCUT2D eigenvalue weighted by Crippen LogP contribution is 2.39. The summed E-state index contributed by atoms with van der Waals surface area (Å²) >= 11 is 0. The molecule has 0 unspecified atom stereocenters. The standard InChI is InChI=1S/C11H27N2P/c1-6-10-12(8-3)14(5)13(9-4)11-7-2/h6-11H2,1-5H3. The summed E-state index contributed by atoms with van der Waals surface area (Å²) in [6.45, 7) is 16.4. The van der Waals surface area contributed by atoms with E-state index >= 15 is 0 Å². The lowest BCUT2D eigenvalue weighted by molar-refractivity contribution is 0.403. The topological polar surface area (TPSA) is 6.48 Å². The van der Waals surface area contributed by atoms with Crippen molar-refractivity contribution in [1.29, 1.82) is 0 Å². The van der Waals surface area contributed by atoms with Gasteiger partial charge in [-0.3, -0.25) is 9.34 Å². The van der Waals surface area contributed by atoms with Crippen LogP contribution < -0.4 is 0 Å². The van der Waals surface area contributed by atoms with Crippen molar-refractivity contribution in [3.8, 4) is 0 Å². The fourth-order valence-corrected chi connectivity index (χ4v) is 3.87. The van der Waals surface area contributed by atoms with E-state index < -0.39 is 0 Å². The first-order chi connectivity index (χ1) is 6.71. The first-order valence-electron chi connectivity index (χ1n) is 5.94. The number of hydrogen-bond acceptors (Lipinski definition) is 2. The Balaban J connectivity index is 4.13. The lowest BCUT2D eigenvalue weighted by Gasteiger charge is -2.35. The predicted octanol–water partition coefficient (Wildman–Crippen LogP) is 3.39. The maximum atomic E-state index is 2.62. The molecule has 14 heavy (non-hydrogen) atoms. The maximum Gasteiger partial charge on any atom is 0.0361 e. The van der Waals surface area contributed by atoms with E-state index in [0.29, 0.717) is 0 Å². The Morgan fingerprint density at radius 3 is 1.36 bits per heavy atom. The van der Waals surface area contributed by atoms with Crippen molar-refractivity contribution in [2.24, 2.45) is 0 Å². The van der Waals surface area contributed by atoms with Crippen LogP contribution in [0.2, 0.25) is 0 Å². The van der Waals surface area contributed by atoms with Crippen LogP contribution in [0.1, 0.15) is 40.5 Å². The van der Waals surface area contributed by atoms with E-state index in [1.807, 2.05) is 0 Å². The average Bonchev–Trinajstić information content (AvgIpc) is 2.21. The molecule has 0 N–H and O–H groups in total.